The Morgan fingerprint density at radius 1 is 1.67 bits per heavy atom. The molecule has 2 heteroatoms. The Balaban J connectivity index is 3.60. The summed E-state index contributed by atoms with van der Waals surface area (Å²) in [5.41, 5.74) is 1.17. The van der Waals surface area contributed by atoms with E-state index in [1.165, 1.54) is 12.7 Å². The molecule has 0 amide bonds. The van der Waals surface area contributed by atoms with Crippen LogP contribution in [-0.2, 0) is 4.74 Å². The van der Waals surface area contributed by atoms with E-state index < -0.39 is 0 Å². The first kappa shape index (κ1) is 8.21. The van der Waals surface area contributed by atoms with Crippen LogP contribution in [0.4, 0.5) is 0 Å². The minimum atomic E-state index is 0.325. The zero-order valence-electron chi connectivity index (χ0n) is 6.19. The van der Waals surface area contributed by atoms with Gasteiger partial charge in [0.05, 0.1) is 7.11 Å². The third-order valence-electron chi connectivity index (χ3n) is 1.18. The van der Waals surface area contributed by atoms with Crippen LogP contribution in [0.1, 0.15) is 20.3 Å². The van der Waals surface area contributed by atoms with Gasteiger partial charge in [0.15, 0.2) is 5.90 Å². The molecule has 0 aromatic rings. The van der Waals surface area contributed by atoms with Crippen LogP contribution in [-0.4, -0.2) is 13.0 Å². The van der Waals surface area contributed by atoms with Crippen LogP contribution in [0.5, 0.6) is 0 Å². The average molecular weight is 127 g/mol. The number of hydrogen-bond donors (Lipinski definition) is 1. The largest absolute Gasteiger partial charge is 0.484 e. The van der Waals surface area contributed by atoms with Gasteiger partial charge >= 0.3 is 0 Å². The van der Waals surface area contributed by atoms with E-state index in [9.17, 15) is 0 Å². The highest BCUT2D eigenvalue weighted by Crippen LogP contribution is 1.99. The monoisotopic (exact) mass is 127 g/mol. The second-order valence-corrected chi connectivity index (χ2v) is 1.94. The quantitative estimate of drug-likeness (QED) is 0.343. The predicted octanol–water partition coefficient (Wildman–Crippen LogP) is 1.97. The molecule has 0 aliphatic heterocycles. The van der Waals surface area contributed by atoms with Gasteiger partial charge in [-0.3, -0.25) is 5.41 Å². The lowest BCUT2D eigenvalue weighted by atomic mass is 10.2. The van der Waals surface area contributed by atoms with Crippen molar-refractivity contribution in [2.75, 3.05) is 7.11 Å². The fraction of sp³-hybridized carbons (Fsp3) is 0.571. The van der Waals surface area contributed by atoms with Gasteiger partial charge in [0.1, 0.15) is 0 Å². The van der Waals surface area contributed by atoms with Crippen LogP contribution in [0.25, 0.3) is 0 Å². The molecular formula is C7H13NO. The Bertz CT molecular complexity index is 127. The zero-order valence-corrected chi connectivity index (χ0v) is 6.19. The summed E-state index contributed by atoms with van der Waals surface area (Å²) in [7, 11) is 1.52. The van der Waals surface area contributed by atoms with Crippen LogP contribution in [0.3, 0.4) is 0 Å². The third kappa shape index (κ3) is 3.76. The Morgan fingerprint density at radius 2 is 2.22 bits per heavy atom. The third-order valence-corrected chi connectivity index (χ3v) is 1.18. The summed E-state index contributed by atoms with van der Waals surface area (Å²) in [6.07, 6.45) is 2.61. The van der Waals surface area contributed by atoms with Crippen LogP contribution in [0.2, 0.25) is 0 Å². The van der Waals surface area contributed by atoms with E-state index in [1.807, 2.05) is 19.9 Å². The van der Waals surface area contributed by atoms with Crippen molar-refractivity contribution < 1.29 is 4.74 Å². The summed E-state index contributed by atoms with van der Waals surface area (Å²) in [4.78, 5) is 0. The van der Waals surface area contributed by atoms with Gasteiger partial charge in [0.2, 0.25) is 0 Å². The fourth-order valence-corrected chi connectivity index (χ4v) is 0.427. The van der Waals surface area contributed by atoms with E-state index in [4.69, 9.17) is 5.41 Å². The summed E-state index contributed by atoms with van der Waals surface area (Å²) in [6, 6.07) is 0. The molecule has 0 aliphatic carbocycles. The topological polar surface area (TPSA) is 33.1 Å². The maximum absolute atomic E-state index is 7.11. The minimum absolute atomic E-state index is 0.325. The molecule has 9 heavy (non-hydrogen) atoms. The lowest BCUT2D eigenvalue weighted by molar-refractivity contribution is 0.390. The van der Waals surface area contributed by atoms with Crippen molar-refractivity contribution >= 4 is 5.90 Å². The molecule has 52 valence electrons. The first-order valence-electron chi connectivity index (χ1n) is 2.94. The maximum Gasteiger partial charge on any atom is 0.184 e. The SMILES string of the molecule is C/C=C(\C)CC(=N)OC. The molecule has 0 unspecified atom stereocenters. The van der Waals surface area contributed by atoms with Crippen LogP contribution in [0, 0.1) is 5.41 Å². The van der Waals surface area contributed by atoms with Gasteiger partial charge in [-0.2, -0.15) is 0 Å². The van der Waals surface area contributed by atoms with E-state index in [-0.39, 0.29) is 0 Å². The Morgan fingerprint density at radius 3 is 2.56 bits per heavy atom. The van der Waals surface area contributed by atoms with E-state index in [2.05, 4.69) is 4.74 Å². The normalized spacial score (nSPS) is 11.2. The van der Waals surface area contributed by atoms with Crippen molar-refractivity contribution in [3.8, 4) is 0 Å². The standard InChI is InChI=1S/C7H13NO/c1-4-6(2)5-7(8)9-3/h4,8H,5H2,1-3H3/b6-4+,8-7?. The molecule has 0 bridgehead atoms. The molecule has 0 aromatic carbocycles. The highest BCUT2D eigenvalue weighted by Gasteiger charge is 1.93. The summed E-state index contributed by atoms with van der Waals surface area (Å²) in [6.45, 7) is 3.94. The summed E-state index contributed by atoms with van der Waals surface area (Å²) >= 11 is 0. The van der Waals surface area contributed by atoms with Gasteiger partial charge in [0.25, 0.3) is 0 Å². The molecule has 0 spiro atoms. The van der Waals surface area contributed by atoms with Crippen LogP contribution < -0.4 is 0 Å². The molecule has 0 radical (unpaired) electrons. The highest BCUT2D eigenvalue weighted by atomic mass is 16.5. The molecule has 0 saturated carbocycles. The van der Waals surface area contributed by atoms with Gasteiger partial charge in [-0.15, -0.1) is 0 Å². The van der Waals surface area contributed by atoms with Crippen LogP contribution in [0.15, 0.2) is 11.6 Å². The molecule has 0 aliphatic rings. The molecule has 0 atom stereocenters. The number of rotatable bonds is 2. The van der Waals surface area contributed by atoms with E-state index in [1.54, 1.807) is 0 Å². The maximum atomic E-state index is 7.11. The molecular weight excluding hydrogens is 114 g/mol. The summed E-state index contributed by atoms with van der Waals surface area (Å²) in [5.74, 6) is 0.325. The average Bonchev–Trinajstić information content (AvgIpc) is 1.87. The lowest BCUT2D eigenvalue weighted by Crippen LogP contribution is -1.98. The first-order chi connectivity index (χ1) is 4.20. The number of allylic oxidation sites excluding steroid dienone is 1. The van der Waals surface area contributed by atoms with Gasteiger partial charge in [-0.25, -0.2) is 0 Å². The number of hydrogen-bond acceptors (Lipinski definition) is 2. The van der Waals surface area contributed by atoms with Crippen molar-refractivity contribution in [1.29, 1.82) is 5.41 Å². The number of ether oxygens (including phenoxy) is 1. The van der Waals surface area contributed by atoms with E-state index in [0.29, 0.717) is 12.3 Å². The second-order valence-electron chi connectivity index (χ2n) is 1.94. The smallest absolute Gasteiger partial charge is 0.184 e. The molecule has 0 saturated heterocycles. The van der Waals surface area contributed by atoms with Gasteiger partial charge in [-0.05, 0) is 13.8 Å². The van der Waals surface area contributed by atoms with Crippen molar-refractivity contribution in [1.82, 2.24) is 0 Å². The van der Waals surface area contributed by atoms with Crippen molar-refractivity contribution in [3.63, 3.8) is 0 Å². The Labute approximate surface area is 56.0 Å². The Hall–Kier alpha value is -0.790. The summed E-state index contributed by atoms with van der Waals surface area (Å²) < 4.78 is 4.67. The number of methoxy groups -OCH3 is 1. The lowest BCUT2D eigenvalue weighted by Gasteiger charge is -1.99. The fourth-order valence-electron chi connectivity index (χ4n) is 0.427. The molecule has 2 nitrogen and oxygen atoms in total. The van der Waals surface area contributed by atoms with E-state index in [0.717, 1.165) is 0 Å². The molecule has 0 fully saturated rings. The van der Waals surface area contributed by atoms with E-state index >= 15 is 0 Å². The second kappa shape index (κ2) is 4.13. The van der Waals surface area contributed by atoms with Gasteiger partial charge < -0.3 is 4.74 Å². The highest BCUT2D eigenvalue weighted by molar-refractivity contribution is 5.74. The summed E-state index contributed by atoms with van der Waals surface area (Å²) in [5, 5.41) is 7.11. The van der Waals surface area contributed by atoms with Gasteiger partial charge in [0, 0.05) is 6.42 Å². The minimum Gasteiger partial charge on any atom is -0.484 e. The number of nitrogens with one attached hydrogen (secondary N) is 1. The molecule has 0 heterocycles. The molecule has 1 N–H and O–H groups in total. The van der Waals surface area contributed by atoms with Crippen molar-refractivity contribution in [2.45, 2.75) is 20.3 Å². The first-order valence-corrected chi connectivity index (χ1v) is 2.94. The van der Waals surface area contributed by atoms with Gasteiger partial charge in [-0.1, -0.05) is 11.6 Å². The van der Waals surface area contributed by atoms with Crippen molar-refractivity contribution in [2.24, 2.45) is 0 Å². The van der Waals surface area contributed by atoms with Crippen molar-refractivity contribution in [3.05, 3.63) is 11.6 Å². The molecule has 0 aromatic heterocycles. The molecule has 0 rings (SSSR count). The Kier molecular flexibility index (Phi) is 3.76. The predicted molar refractivity (Wildman–Crippen MR) is 38.8 cm³/mol. The van der Waals surface area contributed by atoms with Crippen LogP contribution >= 0.6 is 0 Å². The zero-order chi connectivity index (χ0) is 7.28.